The van der Waals surface area contributed by atoms with Gasteiger partial charge >= 0.3 is 6.18 Å². The molecule has 1 amide bonds. The molecule has 0 atom stereocenters. The fourth-order valence-corrected chi connectivity index (χ4v) is 6.20. The smallest absolute Gasteiger partial charge is 0.416 e. The monoisotopic (exact) mass is 592 g/mol. The summed E-state index contributed by atoms with van der Waals surface area (Å²) in [6.07, 6.45) is -3.42. The van der Waals surface area contributed by atoms with Gasteiger partial charge < -0.3 is 4.74 Å². The normalized spacial score (nSPS) is 14.5. The fraction of sp³-hybridized carbons (Fsp3) is 0.350. The molecule has 0 fully saturated rings. The van der Waals surface area contributed by atoms with Crippen LogP contribution in [0.25, 0.3) is 11.3 Å². The minimum atomic E-state index is -4.48. The van der Waals surface area contributed by atoms with Crippen LogP contribution in [0.1, 0.15) is 47.5 Å². The van der Waals surface area contributed by atoms with Crippen LogP contribution in [-0.2, 0) is 18.8 Å². The summed E-state index contributed by atoms with van der Waals surface area (Å²) in [7, 11) is 1.69. The van der Waals surface area contributed by atoms with Crippen LogP contribution in [0.5, 0.6) is 5.75 Å². The van der Waals surface area contributed by atoms with Crippen molar-refractivity contribution in [3.63, 3.8) is 0 Å². The predicted octanol–water partition coefficient (Wildman–Crippen LogP) is 6.75. The number of aryl methyl sites for hydroxylation is 1. The second kappa shape index (κ2) is 8.14. The molecular formula is C20H17Br2F3N4O2S. The highest BCUT2D eigenvalue weighted by Gasteiger charge is 2.42. The molecule has 0 aliphatic carbocycles. The highest BCUT2D eigenvalue weighted by atomic mass is 79.9. The zero-order valence-corrected chi connectivity index (χ0v) is 21.1. The standard InChI is InChI=1S/C20H17Br2F3N4O2S/c1-4-19(5-2)14-13(10-7-6-9(20(23,24)25)8-11(10)31-19)26-18(32-14)27-17(30)12-15(21)28-29(3)16(12)22/h6-8H,4-5H2,1-3H3,(H,26,27,30). The number of halogens is 5. The summed E-state index contributed by atoms with van der Waals surface area (Å²) in [5, 5.41) is 7.25. The number of hydrogen-bond donors (Lipinski definition) is 1. The molecule has 0 spiro atoms. The number of fused-ring (bicyclic) bond motifs is 3. The van der Waals surface area contributed by atoms with E-state index in [1.54, 1.807) is 7.05 Å². The van der Waals surface area contributed by atoms with Gasteiger partial charge in [-0.2, -0.15) is 18.3 Å². The van der Waals surface area contributed by atoms with E-state index in [-0.39, 0.29) is 5.75 Å². The molecule has 0 saturated carbocycles. The molecule has 2 aromatic heterocycles. The number of benzene rings is 1. The Morgan fingerprint density at radius 3 is 2.53 bits per heavy atom. The van der Waals surface area contributed by atoms with Gasteiger partial charge in [0.15, 0.2) is 5.13 Å². The lowest BCUT2D eigenvalue weighted by Gasteiger charge is -2.36. The van der Waals surface area contributed by atoms with Crippen molar-refractivity contribution in [2.24, 2.45) is 7.05 Å². The third-order valence-corrected chi connectivity index (χ3v) is 8.06. The van der Waals surface area contributed by atoms with E-state index >= 15 is 0 Å². The van der Waals surface area contributed by atoms with Gasteiger partial charge in [0, 0.05) is 12.6 Å². The third kappa shape index (κ3) is 3.75. The summed E-state index contributed by atoms with van der Waals surface area (Å²) in [5.41, 5.74) is -0.317. The summed E-state index contributed by atoms with van der Waals surface area (Å²) in [6, 6.07) is 3.39. The van der Waals surface area contributed by atoms with Crippen LogP contribution in [0.3, 0.4) is 0 Å². The summed E-state index contributed by atoms with van der Waals surface area (Å²) >= 11 is 7.87. The van der Waals surface area contributed by atoms with E-state index < -0.39 is 23.2 Å². The molecule has 0 unspecified atom stereocenters. The highest BCUT2D eigenvalue weighted by Crippen LogP contribution is 2.52. The first-order valence-corrected chi connectivity index (χ1v) is 12.0. The molecule has 1 N–H and O–H groups in total. The van der Waals surface area contributed by atoms with E-state index in [1.165, 1.54) is 22.1 Å². The summed E-state index contributed by atoms with van der Waals surface area (Å²) in [4.78, 5) is 18.2. The molecule has 1 aliphatic rings. The van der Waals surface area contributed by atoms with E-state index in [2.05, 4.69) is 47.3 Å². The Labute approximate surface area is 202 Å². The first kappa shape index (κ1) is 23.2. The number of anilines is 1. The third-order valence-electron chi connectivity index (χ3n) is 5.43. The number of alkyl halides is 3. The average Bonchev–Trinajstić information content (AvgIpc) is 3.26. The van der Waals surface area contributed by atoms with Gasteiger partial charge in [-0.15, -0.1) is 0 Å². The van der Waals surface area contributed by atoms with Gasteiger partial charge in [0.2, 0.25) is 0 Å². The van der Waals surface area contributed by atoms with Crippen LogP contribution in [-0.4, -0.2) is 20.7 Å². The maximum absolute atomic E-state index is 13.3. The average molecular weight is 594 g/mol. The quantitative estimate of drug-likeness (QED) is 0.363. The van der Waals surface area contributed by atoms with Crippen molar-refractivity contribution in [1.29, 1.82) is 0 Å². The molecule has 3 heterocycles. The van der Waals surface area contributed by atoms with Gasteiger partial charge in [0.1, 0.15) is 26.1 Å². The van der Waals surface area contributed by atoms with Crippen LogP contribution in [0.2, 0.25) is 0 Å². The van der Waals surface area contributed by atoms with Crippen LogP contribution < -0.4 is 10.1 Å². The van der Waals surface area contributed by atoms with Gasteiger partial charge in [0.25, 0.3) is 5.91 Å². The lowest BCUT2D eigenvalue weighted by Crippen LogP contribution is -2.34. The van der Waals surface area contributed by atoms with E-state index in [0.29, 0.717) is 44.0 Å². The van der Waals surface area contributed by atoms with E-state index in [0.717, 1.165) is 17.0 Å². The Bertz CT molecular complexity index is 1220. The largest absolute Gasteiger partial charge is 0.481 e. The van der Waals surface area contributed by atoms with E-state index in [9.17, 15) is 18.0 Å². The lowest BCUT2D eigenvalue weighted by atomic mass is 9.89. The lowest BCUT2D eigenvalue weighted by molar-refractivity contribution is -0.137. The van der Waals surface area contributed by atoms with Gasteiger partial charge in [0.05, 0.1) is 16.1 Å². The second-order valence-corrected chi connectivity index (χ2v) is 9.74. The minimum Gasteiger partial charge on any atom is -0.481 e. The molecular weight excluding hydrogens is 577 g/mol. The van der Waals surface area contributed by atoms with Crippen molar-refractivity contribution < 1.29 is 22.7 Å². The van der Waals surface area contributed by atoms with Crippen molar-refractivity contribution in [3.05, 3.63) is 43.4 Å². The van der Waals surface area contributed by atoms with Crippen LogP contribution >= 0.6 is 43.2 Å². The van der Waals surface area contributed by atoms with Gasteiger partial charge in [-0.05, 0) is 62.9 Å². The Morgan fingerprint density at radius 2 is 1.97 bits per heavy atom. The maximum atomic E-state index is 13.3. The number of ether oxygens (including phenoxy) is 1. The first-order chi connectivity index (χ1) is 15.0. The number of carbonyl (C=O) groups excluding carboxylic acids is 1. The van der Waals surface area contributed by atoms with Crippen LogP contribution in [0, 0.1) is 0 Å². The molecule has 4 rings (SSSR count). The molecule has 0 radical (unpaired) electrons. The SMILES string of the molecule is CCC1(CC)Oc2cc(C(F)(F)F)ccc2-c2nc(NC(=O)c3c(Br)nn(C)c3Br)sc21. The molecule has 3 aromatic rings. The molecule has 0 bridgehead atoms. The van der Waals surface area contributed by atoms with Gasteiger partial charge in [-0.25, -0.2) is 4.98 Å². The molecule has 0 saturated heterocycles. The predicted molar refractivity (Wildman–Crippen MR) is 122 cm³/mol. The number of hydrogen-bond acceptors (Lipinski definition) is 5. The van der Waals surface area contributed by atoms with Gasteiger partial charge in [-0.1, -0.05) is 25.2 Å². The van der Waals surface area contributed by atoms with Crippen LogP contribution in [0.15, 0.2) is 27.4 Å². The number of aromatic nitrogens is 3. The number of amides is 1. The zero-order valence-electron chi connectivity index (χ0n) is 17.1. The topological polar surface area (TPSA) is 69.0 Å². The Morgan fingerprint density at radius 1 is 1.28 bits per heavy atom. The van der Waals surface area contributed by atoms with Gasteiger partial charge in [-0.3, -0.25) is 14.8 Å². The van der Waals surface area contributed by atoms with Crippen molar-refractivity contribution in [2.75, 3.05) is 5.32 Å². The minimum absolute atomic E-state index is 0.136. The fourth-order valence-electron chi connectivity index (χ4n) is 3.64. The van der Waals surface area contributed by atoms with Crippen molar-refractivity contribution in [1.82, 2.24) is 14.8 Å². The number of nitrogens with one attached hydrogen (secondary N) is 1. The second-order valence-electron chi connectivity index (χ2n) is 7.24. The molecule has 32 heavy (non-hydrogen) atoms. The summed E-state index contributed by atoms with van der Waals surface area (Å²) in [6.45, 7) is 3.82. The highest BCUT2D eigenvalue weighted by molar-refractivity contribution is 9.11. The van der Waals surface area contributed by atoms with Crippen LogP contribution in [0.4, 0.5) is 18.3 Å². The molecule has 1 aromatic carbocycles. The number of rotatable bonds is 4. The molecule has 1 aliphatic heterocycles. The van der Waals surface area contributed by atoms with E-state index in [4.69, 9.17) is 4.74 Å². The molecule has 170 valence electrons. The molecule has 12 heteroatoms. The first-order valence-electron chi connectivity index (χ1n) is 9.62. The van der Waals surface area contributed by atoms with E-state index in [1.807, 2.05) is 13.8 Å². The Kier molecular flexibility index (Phi) is 5.91. The van der Waals surface area contributed by atoms with Crippen molar-refractivity contribution in [3.8, 4) is 17.0 Å². The number of carbonyl (C=O) groups is 1. The Hall–Kier alpha value is -1.92. The summed E-state index contributed by atoms with van der Waals surface area (Å²) < 4.78 is 48.3. The zero-order chi connectivity index (χ0) is 23.4. The summed E-state index contributed by atoms with van der Waals surface area (Å²) in [5.74, 6) is -0.285. The maximum Gasteiger partial charge on any atom is 0.416 e. The Balaban J connectivity index is 1.78. The number of thiazole rings is 1. The molecule has 6 nitrogen and oxygen atoms in total. The van der Waals surface area contributed by atoms with Crippen molar-refractivity contribution >= 4 is 54.2 Å². The van der Waals surface area contributed by atoms with Crippen molar-refractivity contribution in [2.45, 2.75) is 38.5 Å². The number of nitrogens with zero attached hydrogens (tertiary/aromatic N) is 3.